The van der Waals surface area contributed by atoms with Gasteiger partial charge in [0.1, 0.15) is 12.2 Å². The lowest BCUT2D eigenvalue weighted by Gasteiger charge is -2.35. The van der Waals surface area contributed by atoms with E-state index in [4.69, 9.17) is 9.47 Å². The first-order valence-electron chi connectivity index (χ1n) is 7.95. The minimum Gasteiger partial charge on any atom is -0.454 e. The van der Waals surface area contributed by atoms with Gasteiger partial charge in [-0.2, -0.15) is 5.10 Å². The van der Waals surface area contributed by atoms with Crippen molar-refractivity contribution in [3.05, 3.63) is 30.4 Å². The van der Waals surface area contributed by atoms with Crippen molar-refractivity contribution in [1.82, 2.24) is 24.6 Å². The zero-order chi connectivity index (χ0) is 15.8. The standard InChI is InChI=1S/C16H21N5O2/c1-12(20-7-5-19(2)6-8-20)16-17-10-18-21(16)13-3-4-14-15(9-13)23-11-22-14/h3-4,9-10,12H,5-8,11H2,1-2H3/t12-/m0/s1. The van der Waals surface area contributed by atoms with E-state index in [1.54, 1.807) is 6.33 Å². The van der Waals surface area contributed by atoms with Gasteiger partial charge in [-0.25, -0.2) is 9.67 Å². The predicted molar refractivity (Wildman–Crippen MR) is 85.0 cm³/mol. The molecule has 1 saturated heterocycles. The van der Waals surface area contributed by atoms with Crippen molar-refractivity contribution in [2.75, 3.05) is 40.0 Å². The van der Waals surface area contributed by atoms with Crippen LogP contribution in [0.5, 0.6) is 11.5 Å². The minimum atomic E-state index is 0.219. The highest BCUT2D eigenvalue weighted by molar-refractivity contribution is 5.50. The highest BCUT2D eigenvalue weighted by atomic mass is 16.7. The third kappa shape index (κ3) is 2.66. The van der Waals surface area contributed by atoms with E-state index >= 15 is 0 Å². The molecule has 1 fully saturated rings. The second kappa shape index (κ2) is 5.82. The van der Waals surface area contributed by atoms with Crippen LogP contribution in [0.2, 0.25) is 0 Å². The number of piperazine rings is 1. The summed E-state index contributed by atoms with van der Waals surface area (Å²) in [5, 5.41) is 4.41. The van der Waals surface area contributed by atoms with Crippen LogP contribution in [0.1, 0.15) is 18.8 Å². The number of hydrogen-bond acceptors (Lipinski definition) is 6. The summed E-state index contributed by atoms with van der Waals surface area (Å²) in [6.45, 7) is 6.74. The average Bonchev–Trinajstić information content (AvgIpc) is 3.23. The van der Waals surface area contributed by atoms with Crippen LogP contribution in [0.3, 0.4) is 0 Å². The van der Waals surface area contributed by atoms with Gasteiger partial charge in [0.2, 0.25) is 6.79 Å². The van der Waals surface area contributed by atoms with Gasteiger partial charge in [-0.3, -0.25) is 4.90 Å². The van der Waals surface area contributed by atoms with Crippen molar-refractivity contribution < 1.29 is 9.47 Å². The molecule has 0 spiro atoms. The van der Waals surface area contributed by atoms with E-state index in [1.807, 2.05) is 22.9 Å². The van der Waals surface area contributed by atoms with Crippen LogP contribution >= 0.6 is 0 Å². The number of rotatable bonds is 3. The Labute approximate surface area is 135 Å². The van der Waals surface area contributed by atoms with Crippen molar-refractivity contribution in [2.45, 2.75) is 13.0 Å². The minimum absolute atomic E-state index is 0.219. The number of hydrogen-bond donors (Lipinski definition) is 0. The lowest BCUT2D eigenvalue weighted by Crippen LogP contribution is -2.45. The molecule has 1 aromatic heterocycles. The zero-order valence-corrected chi connectivity index (χ0v) is 13.5. The zero-order valence-electron chi connectivity index (χ0n) is 13.5. The lowest BCUT2D eigenvalue weighted by atomic mass is 10.2. The third-order valence-electron chi connectivity index (χ3n) is 4.63. The Morgan fingerprint density at radius 1 is 1.09 bits per heavy atom. The monoisotopic (exact) mass is 315 g/mol. The van der Waals surface area contributed by atoms with Gasteiger partial charge in [0.15, 0.2) is 11.5 Å². The summed E-state index contributed by atoms with van der Waals surface area (Å²) in [7, 11) is 2.16. The molecule has 3 heterocycles. The van der Waals surface area contributed by atoms with Gasteiger partial charge in [0.05, 0.1) is 11.7 Å². The highest BCUT2D eigenvalue weighted by Crippen LogP contribution is 2.34. The van der Waals surface area contributed by atoms with Crippen molar-refractivity contribution in [2.24, 2.45) is 0 Å². The van der Waals surface area contributed by atoms with Gasteiger partial charge in [0, 0.05) is 32.2 Å². The fourth-order valence-corrected chi connectivity index (χ4v) is 3.12. The number of ether oxygens (including phenoxy) is 2. The van der Waals surface area contributed by atoms with Crippen molar-refractivity contribution in [1.29, 1.82) is 0 Å². The molecular formula is C16H21N5O2. The summed E-state index contributed by atoms with van der Waals surface area (Å²) in [6.07, 6.45) is 1.62. The van der Waals surface area contributed by atoms with E-state index in [9.17, 15) is 0 Å². The van der Waals surface area contributed by atoms with Gasteiger partial charge < -0.3 is 14.4 Å². The van der Waals surface area contributed by atoms with Crippen LogP contribution in [-0.2, 0) is 0 Å². The number of fused-ring (bicyclic) bond motifs is 1. The van der Waals surface area contributed by atoms with Crippen molar-refractivity contribution in [3.63, 3.8) is 0 Å². The number of aromatic nitrogens is 3. The average molecular weight is 315 g/mol. The molecule has 0 unspecified atom stereocenters. The van der Waals surface area contributed by atoms with Crippen LogP contribution < -0.4 is 9.47 Å². The molecule has 0 saturated carbocycles. The molecule has 122 valence electrons. The van der Waals surface area contributed by atoms with Gasteiger partial charge >= 0.3 is 0 Å². The van der Waals surface area contributed by atoms with Crippen molar-refractivity contribution in [3.8, 4) is 17.2 Å². The van der Waals surface area contributed by atoms with E-state index in [1.165, 1.54) is 0 Å². The molecule has 0 N–H and O–H groups in total. The van der Waals surface area contributed by atoms with Gasteiger partial charge in [-0.1, -0.05) is 0 Å². The molecule has 0 radical (unpaired) electrons. The molecule has 1 atom stereocenters. The van der Waals surface area contributed by atoms with Crippen LogP contribution in [0.4, 0.5) is 0 Å². The number of benzene rings is 1. The third-order valence-corrected chi connectivity index (χ3v) is 4.63. The van der Waals surface area contributed by atoms with E-state index in [2.05, 4.69) is 33.9 Å². The Bertz CT molecular complexity index is 694. The maximum atomic E-state index is 5.47. The fourth-order valence-electron chi connectivity index (χ4n) is 3.12. The number of likely N-dealkylation sites (N-methyl/N-ethyl adjacent to an activating group) is 1. The summed E-state index contributed by atoms with van der Waals surface area (Å²) in [4.78, 5) is 9.31. The van der Waals surface area contributed by atoms with Crippen LogP contribution in [0.25, 0.3) is 5.69 Å². The Balaban J connectivity index is 1.61. The first-order valence-corrected chi connectivity index (χ1v) is 7.95. The fraction of sp³-hybridized carbons (Fsp3) is 0.500. The molecule has 2 aliphatic heterocycles. The lowest BCUT2D eigenvalue weighted by molar-refractivity contribution is 0.114. The summed E-state index contributed by atoms with van der Waals surface area (Å²) >= 11 is 0. The maximum Gasteiger partial charge on any atom is 0.231 e. The summed E-state index contributed by atoms with van der Waals surface area (Å²) in [6, 6.07) is 6.08. The second-order valence-electron chi connectivity index (χ2n) is 6.08. The molecule has 0 aliphatic carbocycles. The molecule has 4 rings (SSSR count). The molecule has 2 aliphatic rings. The summed E-state index contributed by atoms with van der Waals surface area (Å²) in [5.41, 5.74) is 0.947. The SMILES string of the molecule is C[C@@H](c1ncnn1-c1ccc2c(c1)OCO2)N1CCN(C)CC1. The van der Waals surface area contributed by atoms with Crippen LogP contribution in [-0.4, -0.2) is 64.6 Å². The Morgan fingerprint density at radius 2 is 1.87 bits per heavy atom. The molecule has 2 aromatic rings. The van der Waals surface area contributed by atoms with E-state index < -0.39 is 0 Å². The van der Waals surface area contributed by atoms with Crippen molar-refractivity contribution >= 4 is 0 Å². The molecule has 23 heavy (non-hydrogen) atoms. The topological polar surface area (TPSA) is 55.7 Å². The van der Waals surface area contributed by atoms with E-state index in [0.717, 1.165) is 49.2 Å². The quantitative estimate of drug-likeness (QED) is 0.851. The Hall–Kier alpha value is -2.12. The molecule has 7 nitrogen and oxygen atoms in total. The van der Waals surface area contributed by atoms with Crippen LogP contribution in [0.15, 0.2) is 24.5 Å². The van der Waals surface area contributed by atoms with Gasteiger partial charge in [-0.15, -0.1) is 0 Å². The van der Waals surface area contributed by atoms with Gasteiger partial charge in [0.25, 0.3) is 0 Å². The Morgan fingerprint density at radius 3 is 2.70 bits per heavy atom. The molecule has 0 bridgehead atoms. The summed E-state index contributed by atoms with van der Waals surface area (Å²) in [5.74, 6) is 2.49. The highest BCUT2D eigenvalue weighted by Gasteiger charge is 2.25. The molecule has 7 heteroatoms. The smallest absolute Gasteiger partial charge is 0.231 e. The largest absolute Gasteiger partial charge is 0.454 e. The van der Waals surface area contributed by atoms with E-state index in [0.29, 0.717) is 0 Å². The summed E-state index contributed by atoms with van der Waals surface area (Å²) < 4.78 is 12.7. The number of nitrogens with zero attached hydrogens (tertiary/aromatic N) is 5. The molecule has 0 amide bonds. The Kier molecular flexibility index (Phi) is 3.66. The van der Waals surface area contributed by atoms with Crippen LogP contribution in [0, 0.1) is 0 Å². The second-order valence-corrected chi connectivity index (χ2v) is 6.08. The molecule has 1 aromatic carbocycles. The maximum absolute atomic E-state index is 5.47. The first-order chi connectivity index (χ1) is 11.2. The van der Waals surface area contributed by atoms with E-state index in [-0.39, 0.29) is 12.8 Å². The van der Waals surface area contributed by atoms with Gasteiger partial charge in [-0.05, 0) is 26.1 Å². The molecular weight excluding hydrogens is 294 g/mol. The first kappa shape index (κ1) is 14.5. The normalized spacial score (nSPS) is 19.9. The predicted octanol–water partition coefficient (Wildman–Crippen LogP) is 1.30.